The fourth-order valence-corrected chi connectivity index (χ4v) is 1.53. The van der Waals surface area contributed by atoms with Crippen molar-refractivity contribution in [2.75, 3.05) is 18.5 Å². The number of rotatable bonds is 4. The molecule has 0 radical (unpaired) electrons. The number of halogens is 2. The largest absolute Gasteiger partial charge is 0.358 e. The first-order valence-corrected chi connectivity index (χ1v) is 5.65. The summed E-state index contributed by atoms with van der Waals surface area (Å²) < 4.78 is 0. The molecule has 1 heterocycles. The number of anilines is 1. The SMILES string of the molecule is CC(C)CCN(C)c1nc(Cl)ncc1Cl. The average Bonchev–Trinajstić information content (AvgIpc) is 2.18. The van der Waals surface area contributed by atoms with Gasteiger partial charge in [-0.3, -0.25) is 0 Å². The Hall–Kier alpha value is -0.540. The monoisotopic (exact) mass is 247 g/mol. The van der Waals surface area contributed by atoms with Crippen molar-refractivity contribution in [1.29, 1.82) is 0 Å². The Morgan fingerprint density at radius 1 is 1.40 bits per heavy atom. The lowest BCUT2D eigenvalue weighted by atomic mass is 10.1. The second-order valence-corrected chi connectivity index (χ2v) is 4.66. The van der Waals surface area contributed by atoms with E-state index >= 15 is 0 Å². The lowest BCUT2D eigenvalue weighted by Crippen LogP contribution is -2.21. The van der Waals surface area contributed by atoms with Gasteiger partial charge in [-0.25, -0.2) is 4.98 Å². The molecule has 0 saturated carbocycles. The van der Waals surface area contributed by atoms with Gasteiger partial charge in [-0.2, -0.15) is 4.98 Å². The van der Waals surface area contributed by atoms with Gasteiger partial charge < -0.3 is 4.90 Å². The van der Waals surface area contributed by atoms with Crippen LogP contribution in [-0.2, 0) is 0 Å². The van der Waals surface area contributed by atoms with Gasteiger partial charge in [0.2, 0.25) is 5.28 Å². The van der Waals surface area contributed by atoms with Crippen LogP contribution >= 0.6 is 23.2 Å². The molecule has 0 aromatic carbocycles. The molecule has 3 nitrogen and oxygen atoms in total. The van der Waals surface area contributed by atoms with Gasteiger partial charge in [0.25, 0.3) is 0 Å². The van der Waals surface area contributed by atoms with E-state index < -0.39 is 0 Å². The van der Waals surface area contributed by atoms with Crippen molar-refractivity contribution in [3.8, 4) is 0 Å². The highest BCUT2D eigenvalue weighted by atomic mass is 35.5. The maximum atomic E-state index is 5.98. The van der Waals surface area contributed by atoms with Crippen molar-refractivity contribution in [1.82, 2.24) is 9.97 Å². The summed E-state index contributed by atoms with van der Waals surface area (Å²) in [6.45, 7) is 5.27. The summed E-state index contributed by atoms with van der Waals surface area (Å²) in [5, 5.41) is 0.761. The van der Waals surface area contributed by atoms with Gasteiger partial charge in [0, 0.05) is 13.6 Å². The molecule has 0 aliphatic carbocycles. The van der Waals surface area contributed by atoms with E-state index in [1.165, 1.54) is 6.20 Å². The highest BCUT2D eigenvalue weighted by Gasteiger charge is 2.09. The molecule has 0 N–H and O–H groups in total. The third-order valence-corrected chi connectivity index (χ3v) is 2.55. The lowest BCUT2D eigenvalue weighted by Gasteiger charge is -2.20. The van der Waals surface area contributed by atoms with Crippen LogP contribution in [0.15, 0.2) is 6.20 Å². The topological polar surface area (TPSA) is 29.0 Å². The van der Waals surface area contributed by atoms with Gasteiger partial charge in [-0.15, -0.1) is 0 Å². The summed E-state index contributed by atoms with van der Waals surface area (Å²) in [5.41, 5.74) is 0. The number of hydrogen-bond acceptors (Lipinski definition) is 3. The van der Waals surface area contributed by atoms with E-state index in [4.69, 9.17) is 23.2 Å². The van der Waals surface area contributed by atoms with Crippen molar-refractivity contribution in [3.63, 3.8) is 0 Å². The van der Waals surface area contributed by atoms with E-state index in [9.17, 15) is 0 Å². The molecule has 0 amide bonds. The quantitative estimate of drug-likeness (QED) is 0.766. The van der Waals surface area contributed by atoms with Crippen molar-refractivity contribution < 1.29 is 0 Å². The summed E-state index contributed by atoms with van der Waals surface area (Å²) in [4.78, 5) is 9.91. The summed E-state index contributed by atoms with van der Waals surface area (Å²) in [7, 11) is 1.95. The standard InChI is InChI=1S/C10H15Cl2N3/c1-7(2)4-5-15(3)9-8(11)6-13-10(12)14-9/h6-7H,4-5H2,1-3H3. The smallest absolute Gasteiger partial charge is 0.224 e. The van der Waals surface area contributed by atoms with Crippen LogP contribution in [-0.4, -0.2) is 23.6 Å². The zero-order chi connectivity index (χ0) is 11.4. The van der Waals surface area contributed by atoms with E-state index in [-0.39, 0.29) is 5.28 Å². The van der Waals surface area contributed by atoms with E-state index in [2.05, 4.69) is 23.8 Å². The molecule has 0 aliphatic rings. The normalized spacial score (nSPS) is 10.8. The summed E-state index contributed by atoms with van der Waals surface area (Å²) >= 11 is 11.7. The Morgan fingerprint density at radius 2 is 2.07 bits per heavy atom. The second kappa shape index (κ2) is 5.52. The summed E-state index contributed by atoms with van der Waals surface area (Å²) in [5.74, 6) is 1.35. The Labute approximate surface area is 100 Å². The minimum atomic E-state index is 0.228. The summed E-state index contributed by atoms with van der Waals surface area (Å²) in [6, 6.07) is 0. The van der Waals surface area contributed by atoms with Crippen LogP contribution in [0, 0.1) is 5.92 Å². The summed E-state index contributed by atoms with van der Waals surface area (Å²) in [6.07, 6.45) is 2.62. The second-order valence-electron chi connectivity index (χ2n) is 3.91. The highest BCUT2D eigenvalue weighted by molar-refractivity contribution is 6.33. The molecular weight excluding hydrogens is 233 g/mol. The van der Waals surface area contributed by atoms with Crippen molar-refractivity contribution in [2.45, 2.75) is 20.3 Å². The molecule has 84 valence electrons. The maximum absolute atomic E-state index is 5.98. The predicted octanol–water partition coefficient (Wildman–Crippen LogP) is 3.27. The van der Waals surface area contributed by atoms with Crippen molar-refractivity contribution in [2.24, 2.45) is 5.92 Å². The molecule has 0 unspecified atom stereocenters. The molecule has 5 heteroatoms. The minimum Gasteiger partial charge on any atom is -0.358 e. The van der Waals surface area contributed by atoms with Crippen LogP contribution in [0.1, 0.15) is 20.3 Å². The van der Waals surface area contributed by atoms with Crippen LogP contribution in [0.3, 0.4) is 0 Å². The predicted molar refractivity (Wildman–Crippen MR) is 64.8 cm³/mol. The fraction of sp³-hybridized carbons (Fsp3) is 0.600. The molecule has 0 fully saturated rings. The molecule has 1 aromatic heterocycles. The zero-order valence-electron chi connectivity index (χ0n) is 9.17. The molecule has 0 saturated heterocycles. The van der Waals surface area contributed by atoms with Crippen LogP contribution in [0.4, 0.5) is 5.82 Å². The van der Waals surface area contributed by atoms with Gasteiger partial charge in [0.15, 0.2) is 5.82 Å². The first-order valence-electron chi connectivity index (χ1n) is 4.90. The molecule has 0 aliphatic heterocycles. The highest BCUT2D eigenvalue weighted by Crippen LogP contribution is 2.23. The van der Waals surface area contributed by atoms with E-state index in [0.717, 1.165) is 13.0 Å². The Morgan fingerprint density at radius 3 is 2.67 bits per heavy atom. The van der Waals surface area contributed by atoms with Crippen molar-refractivity contribution in [3.05, 3.63) is 16.5 Å². The Kier molecular flexibility index (Phi) is 4.61. The van der Waals surface area contributed by atoms with E-state index in [1.54, 1.807) is 0 Å². The van der Waals surface area contributed by atoms with Crippen molar-refractivity contribution >= 4 is 29.0 Å². The van der Waals surface area contributed by atoms with Gasteiger partial charge in [0.1, 0.15) is 5.02 Å². The van der Waals surface area contributed by atoms with Gasteiger partial charge in [0.05, 0.1) is 6.20 Å². The minimum absolute atomic E-state index is 0.228. The first-order chi connectivity index (χ1) is 7.00. The van der Waals surface area contributed by atoms with Crippen LogP contribution in [0.2, 0.25) is 10.3 Å². The molecule has 1 rings (SSSR count). The zero-order valence-corrected chi connectivity index (χ0v) is 10.7. The lowest BCUT2D eigenvalue weighted by molar-refractivity contribution is 0.583. The fourth-order valence-electron chi connectivity index (χ4n) is 1.16. The number of hydrogen-bond donors (Lipinski definition) is 0. The molecule has 0 spiro atoms. The molecular formula is C10H15Cl2N3. The first kappa shape index (κ1) is 12.5. The van der Waals surface area contributed by atoms with Crippen LogP contribution in [0.25, 0.3) is 0 Å². The Balaban J connectivity index is 2.72. The average molecular weight is 248 g/mol. The van der Waals surface area contributed by atoms with E-state index in [1.807, 2.05) is 11.9 Å². The maximum Gasteiger partial charge on any atom is 0.224 e. The third-order valence-electron chi connectivity index (χ3n) is 2.10. The van der Waals surface area contributed by atoms with Gasteiger partial charge in [-0.1, -0.05) is 25.4 Å². The third kappa shape index (κ3) is 3.84. The van der Waals surface area contributed by atoms with Crippen LogP contribution < -0.4 is 4.90 Å². The van der Waals surface area contributed by atoms with Gasteiger partial charge >= 0.3 is 0 Å². The van der Waals surface area contributed by atoms with Crippen LogP contribution in [0.5, 0.6) is 0 Å². The van der Waals surface area contributed by atoms with E-state index in [0.29, 0.717) is 16.8 Å². The van der Waals surface area contributed by atoms with Gasteiger partial charge in [-0.05, 0) is 23.9 Å². The molecule has 1 aromatic rings. The number of aromatic nitrogens is 2. The molecule has 0 atom stereocenters. The number of nitrogens with zero attached hydrogens (tertiary/aromatic N) is 3. The Bertz CT molecular complexity index is 328. The molecule has 15 heavy (non-hydrogen) atoms. The molecule has 0 bridgehead atoms.